The van der Waals surface area contributed by atoms with E-state index in [9.17, 15) is 28.9 Å². The molecule has 2 amide bonds. The Balaban J connectivity index is 1.36. The summed E-state index contributed by atoms with van der Waals surface area (Å²) in [6, 6.07) is 12.9. The minimum Gasteiger partial charge on any atom is -0.478 e. The second kappa shape index (κ2) is 11.7. The molecule has 35 heavy (non-hydrogen) atoms. The van der Waals surface area contributed by atoms with Crippen molar-refractivity contribution < 1.29 is 34.1 Å². The molecule has 0 radical (unpaired) electrons. The van der Waals surface area contributed by atoms with E-state index < -0.39 is 19.4 Å². The molecule has 0 saturated carbocycles. The first-order valence-corrected chi connectivity index (χ1v) is 13.6. The van der Waals surface area contributed by atoms with E-state index in [1.807, 2.05) is 6.92 Å². The number of carbonyl (C=O) groups is 3. The van der Waals surface area contributed by atoms with Gasteiger partial charge < -0.3 is 20.4 Å². The fourth-order valence-corrected chi connectivity index (χ4v) is 5.79. The van der Waals surface area contributed by atoms with Crippen molar-refractivity contribution >= 4 is 25.2 Å². The van der Waals surface area contributed by atoms with Gasteiger partial charge in [0.25, 0.3) is 11.8 Å². The molecule has 0 spiro atoms. The van der Waals surface area contributed by atoms with Crippen molar-refractivity contribution in [2.45, 2.75) is 38.3 Å². The van der Waals surface area contributed by atoms with Crippen molar-refractivity contribution in [3.8, 4) is 0 Å². The molecule has 3 atom stereocenters. The first-order chi connectivity index (χ1) is 16.6. The van der Waals surface area contributed by atoms with Gasteiger partial charge in [0.2, 0.25) is 7.37 Å². The summed E-state index contributed by atoms with van der Waals surface area (Å²) in [6.07, 6.45) is 0.304. The standard InChI is InChI=1S/C25H31N2O7P/c1-17(18-8-7-9-19(14-18)25(31)32)26-15-20(28)16-35(33,34)13-6-2-5-12-27-23(29)21-10-3-4-11-22(21)24(27)30/h3-4,7-11,14,17,20,26,28H,2,5-6,12-13,15-16H2,1H3,(H,31,32)(H,33,34)/t17-,20+/m1/s1. The highest BCUT2D eigenvalue weighted by molar-refractivity contribution is 7.58. The Bertz CT molecular complexity index is 1100. The van der Waals surface area contributed by atoms with Gasteiger partial charge in [0, 0.05) is 25.3 Å². The lowest BCUT2D eigenvalue weighted by Crippen LogP contribution is -2.31. The van der Waals surface area contributed by atoms with Crippen LogP contribution in [0.5, 0.6) is 0 Å². The van der Waals surface area contributed by atoms with E-state index in [1.54, 1.807) is 42.5 Å². The number of fused-ring (bicyclic) bond motifs is 1. The maximum atomic E-state index is 12.5. The average Bonchev–Trinajstić information content (AvgIpc) is 3.07. The molecule has 0 bridgehead atoms. The number of aliphatic hydroxyl groups is 1. The maximum Gasteiger partial charge on any atom is 0.335 e. The number of hydrogen-bond donors (Lipinski definition) is 4. The molecule has 0 aliphatic carbocycles. The summed E-state index contributed by atoms with van der Waals surface area (Å²) in [5.41, 5.74) is 1.72. The fourth-order valence-electron chi connectivity index (χ4n) is 4.10. The van der Waals surface area contributed by atoms with E-state index in [4.69, 9.17) is 5.11 Å². The fraction of sp³-hybridized carbons (Fsp3) is 0.400. The Morgan fingerprint density at radius 2 is 1.69 bits per heavy atom. The molecular weight excluding hydrogens is 471 g/mol. The van der Waals surface area contributed by atoms with Crippen LogP contribution in [0.4, 0.5) is 0 Å². The van der Waals surface area contributed by atoms with E-state index in [-0.39, 0.29) is 48.8 Å². The summed E-state index contributed by atoms with van der Waals surface area (Å²) in [5.74, 6) is -1.64. The van der Waals surface area contributed by atoms with Crippen molar-refractivity contribution in [3.05, 3.63) is 70.8 Å². The Morgan fingerprint density at radius 1 is 1.03 bits per heavy atom. The minimum atomic E-state index is -3.55. The highest BCUT2D eigenvalue weighted by atomic mass is 31.2. The summed E-state index contributed by atoms with van der Waals surface area (Å²) >= 11 is 0. The summed E-state index contributed by atoms with van der Waals surface area (Å²) in [4.78, 5) is 47.3. The summed E-state index contributed by atoms with van der Waals surface area (Å²) < 4.78 is 12.5. The Morgan fingerprint density at radius 3 is 2.31 bits per heavy atom. The predicted molar refractivity (Wildman–Crippen MR) is 131 cm³/mol. The van der Waals surface area contributed by atoms with Crippen molar-refractivity contribution in [1.82, 2.24) is 10.2 Å². The quantitative estimate of drug-likeness (QED) is 0.186. The molecule has 3 rings (SSSR count). The lowest BCUT2D eigenvalue weighted by molar-refractivity contribution is 0.0648. The molecular formula is C25H31N2O7P. The minimum absolute atomic E-state index is 0.0440. The molecule has 10 heteroatoms. The van der Waals surface area contributed by atoms with Crippen LogP contribution in [0.2, 0.25) is 0 Å². The summed E-state index contributed by atoms with van der Waals surface area (Å²) in [7, 11) is -3.55. The Labute approximate surface area is 204 Å². The summed E-state index contributed by atoms with van der Waals surface area (Å²) in [5, 5.41) is 22.4. The van der Waals surface area contributed by atoms with Crippen LogP contribution in [0, 0.1) is 0 Å². The maximum absolute atomic E-state index is 12.5. The number of benzene rings is 2. The van der Waals surface area contributed by atoms with Crippen LogP contribution >= 0.6 is 7.37 Å². The van der Waals surface area contributed by atoms with E-state index in [2.05, 4.69) is 5.32 Å². The normalized spacial score (nSPS) is 16.6. The molecule has 0 saturated heterocycles. The van der Waals surface area contributed by atoms with Gasteiger partial charge in [-0.15, -0.1) is 0 Å². The SMILES string of the molecule is C[C@@H](NC[C@H](O)CP(=O)(O)CCCCCN1C(=O)c2ccccc2C1=O)c1cccc(C(=O)O)c1. The van der Waals surface area contributed by atoms with Crippen molar-refractivity contribution in [3.63, 3.8) is 0 Å². The molecule has 0 fully saturated rings. The van der Waals surface area contributed by atoms with E-state index in [1.165, 1.54) is 11.0 Å². The van der Waals surface area contributed by atoms with Gasteiger partial charge in [-0.25, -0.2) is 4.79 Å². The highest BCUT2D eigenvalue weighted by Gasteiger charge is 2.34. The number of aliphatic hydroxyl groups excluding tert-OH is 1. The second-order valence-electron chi connectivity index (χ2n) is 8.84. The Kier molecular flexibility index (Phi) is 8.97. The van der Waals surface area contributed by atoms with Crippen LogP contribution in [0.25, 0.3) is 0 Å². The van der Waals surface area contributed by atoms with Gasteiger partial charge >= 0.3 is 5.97 Å². The molecule has 188 valence electrons. The van der Waals surface area contributed by atoms with Crippen molar-refractivity contribution in [2.24, 2.45) is 0 Å². The molecule has 1 aliphatic rings. The van der Waals surface area contributed by atoms with Crippen molar-refractivity contribution in [1.29, 1.82) is 0 Å². The van der Waals surface area contributed by atoms with Crippen LogP contribution in [0.15, 0.2) is 48.5 Å². The zero-order valence-corrected chi connectivity index (χ0v) is 20.5. The molecule has 1 heterocycles. The lowest BCUT2D eigenvalue weighted by Gasteiger charge is -2.20. The van der Waals surface area contributed by atoms with Crippen LogP contribution in [0.1, 0.15) is 68.9 Å². The van der Waals surface area contributed by atoms with Gasteiger partial charge in [-0.2, -0.15) is 0 Å². The van der Waals surface area contributed by atoms with Crippen LogP contribution in [-0.4, -0.2) is 69.3 Å². The molecule has 9 nitrogen and oxygen atoms in total. The molecule has 2 aromatic carbocycles. The Hall–Kier alpha value is -2.84. The second-order valence-corrected chi connectivity index (χ2v) is 11.3. The number of nitrogens with zero attached hydrogens (tertiary/aromatic N) is 1. The monoisotopic (exact) mass is 502 g/mol. The predicted octanol–water partition coefficient (Wildman–Crippen LogP) is 3.13. The number of carboxylic acid groups (broad SMARTS) is 1. The van der Waals surface area contributed by atoms with Crippen LogP contribution < -0.4 is 5.32 Å². The third kappa shape index (κ3) is 7.08. The van der Waals surface area contributed by atoms with Gasteiger partial charge in [-0.05, 0) is 49.6 Å². The number of rotatable bonds is 13. The number of unbranched alkanes of at least 4 members (excludes halogenated alkanes) is 2. The van der Waals surface area contributed by atoms with Gasteiger partial charge in [-0.1, -0.05) is 30.7 Å². The third-order valence-electron chi connectivity index (χ3n) is 6.06. The molecule has 0 aromatic heterocycles. The molecule has 1 aliphatic heterocycles. The number of carboxylic acids is 1. The molecule has 4 N–H and O–H groups in total. The van der Waals surface area contributed by atoms with Gasteiger partial charge in [0.1, 0.15) is 0 Å². The number of nitrogens with one attached hydrogen (secondary N) is 1. The van der Waals surface area contributed by atoms with E-state index in [0.29, 0.717) is 30.4 Å². The van der Waals surface area contributed by atoms with E-state index in [0.717, 1.165) is 5.56 Å². The summed E-state index contributed by atoms with van der Waals surface area (Å²) in [6.45, 7) is 2.17. The highest BCUT2D eigenvalue weighted by Crippen LogP contribution is 2.42. The van der Waals surface area contributed by atoms with E-state index >= 15 is 0 Å². The third-order valence-corrected chi connectivity index (χ3v) is 8.06. The van der Waals surface area contributed by atoms with Crippen LogP contribution in [0.3, 0.4) is 0 Å². The number of carbonyl (C=O) groups excluding carboxylic acids is 2. The van der Waals surface area contributed by atoms with Crippen LogP contribution in [-0.2, 0) is 4.57 Å². The first-order valence-electron chi connectivity index (χ1n) is 11.6. The topological polar surface area (TPSA) is 144 Å². The number of amides is 2. The molecule has 2 aromatic rings. The smallest absolute Gasteiger partial charge is 0.335 e. The number of imide groups is 1. The van der Waals surface area contributed by atoms with Gasteiger partial charge in [-0.3, -0.25) is 19.1 Å². The average molecular weight is 503 g/mol. The molecule has 1 unspecified atom stereocenters. The lowest BCUT2D eigenvalue weighted by atomic mass is 10.1. The number of aromatic carboxylic acids is 1. The first kappa shape index (κ1) is 26.8. The van der Waals surface area contributed by atoms with Gasteiger partial charge in [0.05, 0.1) is 29.0 Å². The zero-order chi connectivity index (χ0) is 25.6. The largest absolute Gasteiger partial charge is 0.478 e. The zero-order valence-electron chi connectivity index (χ0n) is 19.6. The van der Waals surface area contributed by atoms with Crippen molar-refractivity contribution in [2.75, 3.05) is 25.4 Å². The van der Waals surface area contributed by atoms with Gasteiger partial charge in [0.15, 0.2) is 0 Å². The number of hydrogen-bond acceptors (Lipinski definition) is 6.